The minimum absolute atomic E-state index is 0.0105. The number of aliphatic hydroxyl groups excluding tert-OH is 2. The number of allylic oxidation sites excluding steroid dienone is 2. The van der Waals surface area contributed by atoms with Gasteiger partial charge in [0.05, 0.1) is 40.9 Å². The zero-order valence-electron chi connectivity index (χ0n) is 33.9. The predicted octanol–water partition coefficient (Wildman–Crippen LogP) is 4.71. The second kappa shape index (κ2) is 16.1. The lowest BCUT2D eigenvalue weighted by Crippen LogP contribution is -2.46. The minimum atomic E-state index is -1.72. The third-order valence-corrected chi connectivity index (χ3v) is 13.0. The molecule has 0 unspecified atom stereocenters. The number of carbonyl (C=O) groups is 2. The zero-order chi connectivity index (χ0) is 41.7. The first-order valence-corrected chi connectivity index (χ1v) is 20.5. The van der Waals surface area contributed by atoms with Crippen LogP contribution in [-0.2, 0) is 23.8 Å². The molecule has 2 aromatic carbocycles. The van der Waals surface area contributed by atoms with E-state index in [1.807, 2.05) is 6.92 Å². The van der Waals surface area contributed by atoms with E-state index in [9.17, 15) is 35.4 Å². The number of methoxy groups -OCH3 is 1. The molecule has 4 heterocycles. The topological polar surface area (TPSA) is 213 Å². The maximum atomic E-state index is 13.8. The summed E-state index contributed by atoms with van der Waals surface area (Å²) in [7, 11) is 1.49. The van der Waals surface area contributed by atoms with Crippen LogP contribution in [-0.4, -0.2) is 92.5 Å². The Balaban J connectivity index is 1.55. The van der Waals surface area contributed by atoms with E-state index in [1.54, 1.807) is 77.6 Å². The molecular formula is C42H54N4O10S. The van der Waals surface area contributed by atoms with Crippen LogP contribution >= 0.6 is 11.8 Å². The molecular weight excluding hydrogens is 753 g/mol. The quantitative estimate of drug-likeness (QED) is 0.181. The van der Waals surface area contributed by atoms with Crippen molar-refractivity contribution in [3.8, 4) is 17.2 Å². The number of fused-ring (bicyclic) bond motifs is 1. The number of esters is 1. The molecule has 4 aliphatic heterocycles. The van der Waals surface area contributed by atoms with Crippen LogP contribution in [0.5, 0.6) is 17.2 Å². The molecule has 1 spiro atoms. The van der Waals surface area contributed by atoms with Gasteiger partial charge in [0.1, 0.15) is 34.4 Å². The van der Waals surface area contributed by atoms with Crippen molar-refractivity contribution in [2.24, 2.45) is 33.7 Å². The lowest BCUT2D eigenvalue weighted by atomic mass is 9.78. The largest absolute Gasteiger partial charge is 0.507 e. The van der Waals surface area contributed by atoms with Crippen molar-refractivity contribution in [3.63, 3.8) is 0 Å². The van der Waals surface area contributed by atoms with Crippen LogP contribution in [0.1, 0.15) is 72.4 Å². The molecule has 1 fully saturated rings. The van der Waals surface area contributed by atoms with Crippen molar-refractivity contribution in [1.82, 2.24) is 0 Å². The Hall–Kier alpha value is -4.44. The number of carbonyl (C=O) groups excluding carboxylic acids is 2. The Morgan fingerprint density at radius 1 is 0.982 bits per heavy atom. The molecule has 1 saturated heterocycles. The molecule has 15 heteroatoms. The molecule has 0 aliphatic carbocycles. The fraction of sp³-hybridized carbons (Fsp3) is 0.548. The number of thioether (sulfide) groups is 1. The minimum Gasteiger partial charge on any atom is -0.507 e. The predicted molar refractivity (Wildman–Crippen MR) is 216 cm³/mol. The summed E-state index contributed by atoms with van der Waals surface area (Å²) < 4.78 is 24.2. The van der Waals surface area contributed by atoms with Crippen molar-refractivity contribution in [2.75, 3.05) is 23.9 Å². The molecule has 4 aliphatic rings. The maximum absolute atomic E-state index is 13.8. The number of anilines is 1. The molecule has 2 aromatic rings. The number of hydrogen-bond donors (Lipinski definition) is 6. The number of ether oxygens (including phenoxy) is 4. The van der Waals surface area contributed by atoms with Gasteiger partial charge < -0.3 is 44.7 Å². The number of rotatable bonds is 2. The number of nitrogens with zero attached hydrogens (tertiary/aromatic N) is 2. The molecule has 308 valence electrons. The van der Waals surface area contributed by atoms with Crippen LogP contribution in [0.15, 0.2) is 46.1 Å². The normalized spacial score (nSPS) is 33.1. The Kier molecular flexibility index (Phi) is 11.9. The van der Waals surface area contributed by atoms with Crippen LogP contribution in [0, 0.1) is 36.0 Å². The maximum Gasteiger partial charge on any atom is 0.302 e. The van der Waals surface area contributed by atoms with Gasteiger partial charge in [0, 0.05) is 74.0 Å². The molecule has 57 heavy (non-hydrogen) atoms. The summed E-state index contributed by atoms with van der Waals surface area (Å²) in [5, 5.41) is 59.8. The van der Waals surface area contributed by atoms with Gasteiger partial charge in [0.25, 0.3) is 11.7 Å². The van der Waals surface area contributed by atoms with E-state index in [0.717, 1.165) is 11.5 Å². The molecule has 6 N–H and O–H groups in total. The van der Waals surface area contributed by atoms with E-state index in [0.29, 0.717) is 18.2 Å². The average Bonchev–Trinajstić information content (AvgIpc) is 3.67. The fourth-order valence-electron chi connectivity index (χ4n) is 8.32. The molecule has 0 aromatic heterocycles. The van der Waals surface area contributed by atoms with Gasteiger partial charge in [-0.25, -0.2) is 0 Å². The number of amides is 1. The first-order valence-electron chi connectivity index (χ1n) is 19.3. The summed E-state index contributed by atoms with van der Waals surface area (Å²) >= 11 is 1.79. The molecule has 4 bridgehead atoms. The van der Waals surface area contributed by atoms with Crippen molar-refractivity contribution < 1.29 is 49.0 Å². The van der Waals surface area contributed by atoms with E-state index in [2.05, 4.69) is 5.32 Å². The van der Waals surface area contributed by atoms with Crippen LogP contribution in [0.4, 0.5) is 5.69 Å². The Labute approximate surface area is 336 Å². The second-order valence-electron chi connectivity index (χ2n) is 15.9. The SMILES string of the molecule is CO[C@H]1C=CO[C@@]2(C)Oc3c(C)c(O)c4c(O)c(c5c(c4c3C2=N)=NC2(CCSCC2)N=5)NC(=O)/C(C)=C\C=C/[C@H](C)[C@H](O)[C@@H](C)[C@@H](O)[C@@H](C)[C@H](OC(C)=O)[C@@H]1C. The van der Waals surface area contributed by atoms with E-state index >= 15 is 0 Å². The highest BCUT2D eigenvalue weighted by atomic mass is 32.2. The highest BCUT2D eigenvalue weighted by Crippen LogP contribution is 2.50. The number of hydrogen-bond acceptors (Lipinski definition) is 14. The molecule has 6 rings (SSSR count). The second-order valence-corrected chi connectivity index (χ2v) is 17.1. The molecule has 0 saturated carbocycles. The average molecular weight is 807 g/mol. The van der Waals surface area contributed by atoms with Gasteiger partial charge in [-0.3, -0.25) is 25.0 Å². The molecule has 1 amide bonds. The smallest absolute Gasteiger partial charge is 0.302 e. The van der Waals surface area contributed by atoms with Crippen LogP contribution < -0.4 is 20.8 Å². The zero-order valence-corrected chi connectivity index (χ0v) is 34.7. The summed E-state index contributed by atoms with van der Waals surface area (Å²) in [5.74, 6) is -4.07. The van der Waals surface area contributed by atoms with Gasteiger partial charge in [0.2, 0.25) is 0 Å². The Morgan fingerprint density at radius 2 is 1.65 bits per heavy atom. The highest BCUT2D eigenvalue weighted by Gasteiger charge is 2.47. The van der Waals surface area contributed by atoms with Gasteiger partial charge >= 0.3 is 5.97 Å². The van der Waals surface area contributed by atoms with Crippen molar-refractivity contribution in [3.05, 3.63) is 58.0 Å². The monoisotopic (exact) mass is 806 g/mol. The van der Waals surface area contributed by atoms with Gasteiger partial charge in [-0.15, -0.1) is 0 Å². The van der Waals surface area contributed by atoms with E-state index < -0.39 is 77.2 Å². The number of phenolic OH excluding ortho intramolecular Hbond substituents is 2. The van der Waals surface area contributed by atoms with E-state index in [-0.39, 0.29) is 55.7 Å². The number of benzene rings is 2. The summed E-state index contributed by atoms with van der Waals surface area (Å²) in [6.45, 7) is 13.1. The fourth-order valence-corrected chi connectivity index (χ4v) is 9.47. The molecule has 9 atom stereocenters. The number of nitrogens with one attached hydrogen (secondary N) is 2. The first-order chi connectivity index (χ1) is 26.9. The Morgan fingerprint density at radius 3 is 2.30 bits per heavy atom. The van der Waals surface area contributed by atoms with Crippen molar-refractivity contribution in [2.45, 2.75) is 104 Å². The molecule has 0 radical (unpaired) electrons. The summed E-state index contributed by atoms with van der Waals surface area (Å²) in [4.78, 5) is 36.3. The van der Waals surface area contributed by atoms with Crippen LogP contribution in [0.2, 0.25) is 0 Å². The summed E-state index contributed by atoms with van der Waals surface area (Å²) in [5.41, 5.74) is -0.214. The lowest BCUT2D eigenvalue weighted by Gasteiger charge is -2.38. The van der Waals surface area contributed by atoms with Crippen molar-refractivity contribution in [1.29, 1.82) is 5.41 Å². The summed E-state index contributed by atoms with van der Waals surface area (Å²) in [6.07, 6.45) is 5.44. The standard InChI is InChI=1S/C42H54N4O10S/c1-19-11-10-12-20(2)40(52)44-32-31-30(45-42(46-31)14-17-57-18-15-42)27-28(36(32)51)35(50)24(6)38-29(27)39(43)41(8,56-38)54-16-13-26(53-9)21(3)37(55-25(7)47)23(5)34(49)22(4)33(19)48/h10-13,16,19,21-23,26,33-34,37,43,48-51H,14-15,17-18H2,1-9H3,(H,44,52)/b11-10-,16-13?,20-12-,43-39?/t19-,21+,22+,23+,26-,33-,34+,37+,41-/m0/s1. The Bertz CT molecular complexity index is 2200. The van der Waals surface area contributed by atoms with Gasteiger partial charge in [-0.05, 0) is 31.4 Å². The van der Waals surface area contributed by atoms with Gasteiger partial charge in [-0.2, -0.15) is 11.8 Å². The van der Waals surface area contributed by atoms with Gasteiger partial charge in [-0.1, -0.05) is 45.9 Å². The van der Waals surface area contributed by atoms with Crippen molar-refractivity contribution >= 4 is 45.8 Å². The first kappa shape index (κ1) is 42.2. The third kappa shape index (κ3) is 7.54. The van der Waals surface area contributed by atoms with E-state index in [1.165, 1.54) is 20.3 Å². The third-order valence-electron chi connectivity index (χ3n) is 12.0. The number of phenols is 2. The number of aromatic hydroxyl groups is 2. The van der Waals surface area contributed by atoms with Crippen LogP contribution in [0.25, 0.3) is 10.8 Å². The number of aliphatic hydroxyl groups is 2. The van der Waals surface area contributed by atoms with Crippen LogP contribution in [0.3, 0.4) is 0 Å². The summed E-state index contributed by atoms with van der Waals surface area (Å²) in [6, 6.07) is 0. The lowest BCUT2D eigenvalue weighted by molar-refractivity contribution is -0.160. The van der Waals surface area contributed by atoms with Gasteiger partial charge in [0.15, 0.2) is 11.4 Å². The molecule has 14 nitrogen and oxygen atoms in total. The highest BCUT2D eigenvalue weighted by molar-refractivity contribution is 7.99. The van der Waals surface area contributed by atoms with E-state index in [4.69, 9.17) is 28.9 Å².